The van der Waals surface area contributed by atoms with E-state index in [0.29, 0.717) is 22.6 Å². The molecule has 336 valence electrons. The maximum atomic E-state index is 13.8. The Hall–Kier alpha value is -5.66. The van der Waals surface area contributed by atoms with Gasteiger partial charge >= 0.3 is 20.4 Å². The molecule has 7 rings (SSSR count). The molecule has 4 aromatic carbocycles. The number of methoxy groups -OCH3 is 2. The summed E-state index contributed by atoms with van der Waals surface area (Å²) in [6.45, 7) is 8.34. The number of nitrogens with zero attached hydrogens (tertiary/aromatic N) is 5. The number of hydrogen-bond acceptors (Lipinski definition) is 11. The lowest BCUT2D eigenvalue weighted by Gasteiger charge is -2.37. The Kier molecular flexibility index (Phi) is 14.5. The van der Waals surface area contributed by atoms with Crippen molar-refractivity contribution < 1.29 is 41.2 Å². The Bertz CT molecular complexity index is 2510. The lowest BCUT2D eigenvalue weighted by Crippen LogP contribution is -2.39. The van der Waals surface area contributed by atoms with Gasteiger partial charge in [0, 0.05) is 30.3 Å². The van der Waals surface area contributed by atoms with Gasteiger partial charge < -0.3 is 23.9 Å². The van der Waals surface area contributed by atoms with Crippen molar-refractivity contribution in [3.63, 3.8) is 0 Å². The summed E-state index contributed by atoms with van der Waals surface area (Å²) in [5.41, 5.74) is 0.644. The third-order valence-corrected chi connectivity index (χ3v) is 13.4. The van der Waals surface area contributed by atoms with E-state index in [1.807, 2.05) is 78.9 Å². The second kappa shape index (κ2) is 20.0. The summed E-state index contributed by atoms with van der Waals surface area (Å²) in [5.74, 6) is 1.58. The first-order chi connectivity index (χ1) is 30.7. The van der Waals surface area contributed by atoms with Crippen molar-refractivity contribution in [1.29, 1.82) is 5.26 Å². The summed E-state index contributed by atoms with van der Waals surface area (Å²) in [7, 11) is 0.962. The molecule has 1 N–H and O–H groups in total. The molecule has 0 radical (unpaired) electrons. The van der Waals surface area contributed by atoms with Crippen LogP contribution in [0.15, 0.2) is 114 Å². The normalized spacial score (nSPS) is 17.3. The maximum absolute atomic E-state index is 13.8. The van der Waals surface area contributed by atoms with Gasteiger partial charge in [0.1, 0.15) is 53.5 Å². The van der Waals surface area contributed by atoms with Crippen LogP contribution < -0.4 is 15.2 Å². The molecule has 2 aromatic heterocycles. The Morgan fingerprint density at radius 3 is 1.98 bits per heavy atom. The van der Waals surface area contributed by atoms with Gasteiger partial charge in [-0.3, -0.25) is 4.57 Å². The van der Waals surface area contributed by atoms with Crippen LogP contribution in [-0.2, 0) is 30.3 Å². The highest BCUT2D eigenvalue weighted by atomic mass is 31.2. The number of halogens is 3. The van der Waals surface area contributed by atoms with E-state index in [1.54, 1.807) is 20.4 Å². The van der Waals surface area contributed by atoms with E-state index in [0.717, 1.165) is 28.8 Å². The smallest absolute Gasteiger partial charge is 0.416 e. The van der Waals surface area contributed by atoms with Crippen LogP contribution in [-0.4, -0.2) is 75.9 Å². The van der Waals surface area contributed by atoms with Gasteiger partial charge in [0.25, 0.3) is 0 Å². The molecule has 0 amide bonds. The van der Waals surface area contributed by atoms with Crippen molar-refractivity contribution in [1.82, 2.24) is 24.2 Å². The number of alkyl halides is 3. The van der Waals surface area contributed by atoms with Crippen LogP contribution in [0.1, 0.15) is 69.0 Å². The molecule has 0 spiro atoms. The SMILES string of the molecule is COc1ccc(C(OC[C@H]2O[C@@H](n3cc4[nH]c(-c5ccc(C(F)(F)F)cc5)nc4nc3=O)C[C@@H]2O[PH+](OCCC#N)N(C(C)C)C(C)C)(c2ccccc2)c2ccc(OC)cc2)cc1. The van der Waals surface area contributed by atoms with Gasteiger partial charge in [-0.15, -0.1) is 4.67 Å². The van der Waals surface area contributed by atoms with Crippen LogP contribution in [0.3, 0.4) is 0 Å². The summed E-state index contributed by atoms with van der Waals surface area (Å²) < 4.78 is 81.9. The molecule has 4 atom stereocenters. The molecule has 1 aliphatic heterocycles. The van der Waals surface area contributed by atoms with Crippen LogP contribution in [0.4, 0.5) is 13.2 Å². The number of aromatic nitrogens is 4. The molecule has 0 bridgehead atoms. The lowest BCUT2D eigenvalue weighted by molar-refractivity contribution is -0.137. The van der Waals surface area contributed by atoms with E-state index < -0.39 is 50.0 Å². The molecule has 1 unspecified atom stereocenters. The number of nitrogens with one attached hydrogen (secondary N) is 1. The van der Waals surface area contributed by atoms with Crippen molar-refractivity contribution in [2.45, 2.75) is 82.8 Å². The van der Waals surface area contributed by atoms with Gasteiger partial charge in [0.15, 0.2) is 5.65 Å². The topological polar surface area (TPSA) is 146 Å². The van der Waals surface area contributed by atoms with Crippen molar-refractivity contribution in [3.05, 3.63) is 142 Å². The zero-order chi connectivity index (χ0) is 45.6. The number of fused-ring (bicyclic) bond motifs is 1. The summed E-state index contributed by atoms with van der Waals surface area (Å²) in [5, 5.41) is 9.41. The van der Waals surface area contributed by atoms with Gasteiger partial charge in [-0.2, -0.15) is 32.5 Å². The minimum absolute atomic E-state index is 0.0214. The highest BCUT2D eigenvalue weighted by Crippen LogP contribution is 2.51. The third kappa shape index (κ3) is 10.0. The number of rotatable bonds is 18. The summed E-state index contributed by atoms with van der Waals surface area (Å²) in [4.78, 5) is 25.6. The largest absolute Gasteiger partial charge is 0.497 e. The van der Waals surface area contributed by atoms with Gasteiger partial charge in [0.05, 0.1) is 38.9 Å². The molecular formula is C47H51F3N6O7P+. The molecule has 17 heteroatoms. The quantitative estimate of drug-likeness (QED) is 0.0500. The first-order valence-corrected chi connectivity index (χ1v) is 22.1. The van der Waals surface area contributed by atoms with Crippen molar-refractivity contribution in [3.8, 4) is 29.0 Å². The van der Waals surface area contributed by atoms with Gasteiger partial charge in [-0.25, -0.2) is 9.78 Å². The zero-order valence-corrected chi connectivity index (χ0v) is 37.3. The lowest BCUT2D eigenvalue weighted by atomic mass is 9.80. The van der Waals surface area contributed by atoms with Crippen LogP contribution in [0.5, 0.6) is 11.5 Å². The van der Waals surface area contributed by atoms with Crippen molar-refractivity contribution >= 4 is 19.7 Å². The summed E-state index contributed by atoms with van der Waals surface area (Å²) in [6.07, 6.45) is -4.97. The predicted octanol–water partition coefficient (Wildman–Crippen LogP) is 9.51. The molecular weight excluding hydrogens is 849 g/mol. The van der Waals surface area contributed by atoms with E-state index in [4.69, 9.17) is 28.0 Å². The number of H-pyrrole nitrogens is 1. The zero-order valence-electron chi connectivity index (χ0n) is 36.3. The second-order valence-corrected chi connectivity index (χ2v) is 17.4. The highest BCUT2D eigenvalue weighted by Gasteiger charge is 2.47. The number of hydrogen-bond donors (Lipinski definition) is 1. The molecule has 0 aliphatic carbocycles. The molecule has 64 heavy (non-hydrogen) atoms. The monoisotopic (exact) mass is 899 g/mol. The third-order valence-electron chi connectivity index (χ3n) is 11.0. The Morgan fingerprint density at radius 2 is 1.44 bits per heavy atom. The van der Waals surface area contributed by atoms with Gasteiger partial charge in [-0.05, 0) is 80.8 Å². The number of nitriles is 1. The standard InChI is InChI=1S/C47H50F3N6O7P/c1-30(2)56(31(3)4)64(61-26-10-25-51)63-40-27-42(55-28-39-44(54-45(55)57)53-43(52-39)32-13-15-36(16-14-32)47(48,49)50)62-41(40)29-60-46(33-11-8-7-9-12-33,34-17-21-37(58-5)22-18-34)35-19-23-38(59-6)24-20-35/h7-9,11-24,28,30-31,40-42H,10,26-27,29H2,1-6H3,(H,52,53,54,57)/p+1/t40-,41+,42+,64?/m0/s1. The molecule has 0 saturated carbocycles. The number of aromatic amines is 1. The fraction of sp³-hybridized carbons (Fsp3) is 0.362. The highest BCUT2D eigenvalue weighted by molar-refractivity contribution is 7.44. The minimum atomic E-state index is -4.50. The van der Waals surface area contributed by atoms with E-state index in [1.165, 1.54) is 16.7 Å². The van der Waals surface area contributed by atoms with Crippen molar-refractivity contribution in [2.75, 3.05) is 27.4 Å². The van der Waals surface area contributed by atoms with Crippen LogP contribution in [0.2, 0.25) is 0 Å². The fourth-order valence-electron chi connectivity index (χ4n) is 7.98. The van der Waals surface area contributed by atoms with Crippen LogP contribution in [0.25, 0.3) is 22.6 Å². The van der Waals surface area contributed by atoms with Crippen LogP contribution in [0, 0.1) is 11.3 Å². The molecule has 13 nitrogen and oxygen atoms in total. The molecule has 1 saturated heterocycles. The van der Waals surface area contributed by atoms with E-state index >= 15 is 0 Å². The number of imidazole rings is 1. The number of ether oxygens (including phenoxy) is 4. The minimum Gasteiger partial charge on any atom is -0.497 e. The Labute approximate surface area is 370 Å². The summed E-state index contributed by atoms with van der Waals surface area (Å²) >= 11 is 0. The average Bonchev–Trinajstić information content (AvgIpc) is 3.90. The first-order valence-electron chi connectivity index (χ1n) is 20.9. The second-order valence-electron chi connectivity index (χ2n) is 15.8. The summed E-state index contributed by atoms with van der Waals surface area (Å²) in [6, 6.07) is 31.9. The average molecular weight is 900 g/mol. The van der Waals surface area contributed by atoms with E-state index in [9.17, 15) is 23.2 Å². The Balaban J connectivity index is 1.29. The molecule has 3 heterocycles. The maximum Gasteiger partial charge on any atom is 0.416 e. The van der Waals surface area contributed by atoms with Gasteiger partial charge in [0.2, 0.25) is 0 Å². The van der Waals surface area contributed by atoms with E-state index in [-0.39, 0.29) is 49.6 Å². The first kappa shape index (κ1) is 46.3. The molecule has 1 aliphatic rings. The van der Waals surface area contributed by atoms with E-state index in [2.05, 4.69) is 53.4 Å². The van der Waals surface area contributed by atoms with Crippen molar-refractivity contribution in [2.24, 2.45) is 0 Å². The van der Waals surface area contributed by atoms with Crippen LogP contribution >= 0.6 is 8.53 Å². The molecule has 1 fully saturated rings. The Morgan fingerprint density at radius 1 is 0.859 bits per heavy atom. The number of benzene rings is 4. The predicted molar refractivity (Wildman–Crippen MR) is 237 cm³/mol. The van der Waals surface area contributed by atoms with Gasteiger partial charge in [-0.1, -0.05) is 66.7 Å². The molecule has 6 aromatic rings. The fourth-order valence-corrected chi connectivity index (χ4v) is 9.95.